The van der Waals surface area contributed by atoms with Crippen LogP contribution in [0, 0.1) is 24.0 Å². The molecule has 0 spiro atoms. The van der Waals surface area contributed by atoms with Crippen molar-refractivity contribution in [3.05, 3.63) is 69.6 Å². The zero-order valence-electron chi connectivity index (χ0n) is 17.2. The van der Waals surface area contributed by atoms with Crippen molar-refractivity contribution in [3.63, 3.8) is 0 Å². The number of nitrogens with zero attached hydrogens (tertiary/aromatic N) is 2. The Kier molecular flexibility index (Phi) is 6.81. The van der Waals surface area contributed by atoms with Crippen molar-refractivity contribution in [1.29, 1.82) is 0 Å². The predicted octanol–water partition coefficient (Wildman–Crippen LogP) is 3.76. The van der Waals surface area contributed by atoms with E-state index in [4.69, 9.17) is 9.15 Å². The minimum atomic E-state index is -1.56. The van der Waals surface area contributed by atoms with E-state index in [0.29, 0.717) is 17.3 Å². The molecule has 1 aromatic heterocycles. The number of hydrogen-bond acceptors (Lipinski definition) is 7. The van der Waals surface area contributed by atoms with Crippen LogP contribution in [0.25, 0.3) is 11.5 Å². The molecule has 0 aliphatic heterocycles. The summed E-state index contributed by atoms with van der Waals surface area (Å²) < 4.78 is 23.3. The number of carbonyl (C=O) groups excluding carboxylic acids is 1. The van der Waals surface area contributed by atoms with Gasteiger partial charge in [-0.2, -0.15) is 0 Å². The number of amides is 1. The van der Waals surface area contributed by atoms with Crippen molar-refractivity contribution >= 4 is 28.1 Å². The SMILES string of the molecule is COc1ccc([N+](=O)[O-])cc1NC(=O)CS(=O)Cc1nc(-c2ccc(C)cc2)oc1C. The maximum atomic E-state index is 12.5. The minimum absolute atomic E-state index is 0.0423. The van der Waals surface area contributed by atoms with E-state index in [1.165, 1.54) is 25.3 Å². The highest BCUT2D eigenvalue weighted by Gasteiger charge is 2.18. The van der Waals surface area contributed by atoms with Gasteiger partial charge in [-0.25, -0.2) is 4.98 Å². The number of aryl methyl sites for hydroxylation is 2. The number of anilines is 1. The first-order valence-corrected chi connectivity index (χ1v) is 10.8. The molecule has 0 aliphatic rings. The summed E-state index contributed by atoms with van der Waals surface area (Å²) in [6.45, 7) is 3.71. The number of aromatic nitrogens is 1. The van der Waals surface area contributed by atoms with Gasteiger partial charge in [-0.3, -0.25) is 19.1 Å². The van der Waals surface area contributed by atoms with E-state index < -0.39 is 21.6 Å². The number of rotatable bonds is 8. The first kappa shape index (κ1) is 22.2. The summed E-state index contributed by atoms with van der Waals surface area (Å²) in [7, 11) is -0.181. The molecule has 1 amide bonds. The monoisotopic (exact) mass is 443 g/mol. The maximum Gasteiger partial charge on any atom is 0.271 e. The third-order valence-corrected chi connectivity index (χ3v) is 5.63. The summed E-state index contributed by atoms with van der Waals surface area (Å²) in [6, 6.07) is 11.5. The molecule has 0 fully saturated rings. The van der Waals surface area contributed by atoms with E-state index >= 15 is 0 Å². The highest BCUT2D eigenvalue weighted by atomic mass is 32.2. The van der Waals surface area contributed by atoms with Gasteiger partial charge in [-0.15, -0.1) is 0 Å². The lowest BCUT2D eigenvalue weighted by Crippen LogP contribution is -2.21. The van der Waals surface area contributed by atoms with Crippen LogP contribution in [0.15, 0.2) is 46.9 Å². The van der Waals surface area contributed by atoms with Crippen LogP contribution in [0.1, 0.15) is 17.0 Å². The number of oxazole rings is 1. The van der Waals surface area contributed by atoms with Gasteiger partial charge in [0, 0.05) is 28.5 Å². The van der Waals surface area contributed by atoms with Crippen molar-refractivity contribution in [2.75, 3.05) is 18.2 Å². The summed E-state index contributed by atoms with van der Waals surface area (Å²) in [4.78, 5) is 27.1. The Morgan fingerprint density at radius 2 is 1.94 bits per heavy atom. The molecular formula is C21H21N3O6S. The Balaban J connectivity index is 1.66. The van der Waals surface area contributed by atoms with Gasteiger partial charge in [-0.1, -0.05) is 17.7 Å². The van der Waals surface area contributed by atoms with E-state index in [9.17, 15) is 19.1 Å². The number of carbonyl (C=O) groups is 1. The molecule has 0 aliphatic carbocycles. The highest BCUT2D eigenvalue weighted by Crippen LogP contribution is 2.29. The van der Waals surface area contributed by atoms with Crippen LogP contribution in [-0.4, -0.2) is 32.9 Å². The van der Waals surface area contributed by atoms with E-state index in [0.717, 1.165) is 11.1 Å². The third-order valence-electron chi connectivity index (χ3n) is 4.45. The number of methoxy groups -OCH3 is 1. The van der Waals surface area contributed by atoms with Gasteiger partial charge in [0.05, 0.1) is 29.2 Å². The predicted molar refractivity (Wildman–Crippen MR) is 116 cm³/mol. The zero-order chi connectivity index (χ0) is 22.5. The van der Waals surface area contributed by atoms with Crippen LogP contribution in [0.4, 0.5) is 11.4 Å². The first-order chi connectivity index (χ1) is 14.8. The lowest BCUT2D eigenvalue weighted by Gasteiger charge is -2.09. The molecule has 1 N–H and O–H groups in total. The van der Waals surface area contributed by atoms with Crippen molar-refractivity contribution in [3.8, 4) is 17.2 Å². The fourth-order valence-electron chi connectivity index (χ4n) is 2.82. The molecule has 9 nitrogen and oxygen atoms in total. The topological polar surface area (TPSA) is 125 Å². The fourth-order valence-corrected chi connectivity index (χ4v) is 3.86. The van der Waals surface area contributed by atoms with Crippen molar-refractivity contribution in [1.82, 2.24) is 4.98 Å². The van der Waals surface area contributed by atoms with Gasteiger partial charge in [0.1, 0.15) is 17.3 Å². The van der Waals surface area contributed by atoms with Crippen molar-refractivity contribution < 1.29 is 23.1 Å². The Labute approximate surface area is 181 Å². The van der Waals surface area contributed by atoms with Gasteiger partial charge >= 0.3 is 0 Å². The number of nitro benzene ring substituents is 1. The quantitative estimate of drug-likeness (QED) is 0.415. The van der Waals surface area contributed by atoms with Crippen LogP contribution in [0.2, 0.25) is 0 Å². The lowest BCUT2D eigenvalue weighted by molar-refractivity contribution is -0.384. The number of nitrogens with one attached hydrogen (secondary N) is 1. The van der Waals surface area contributed by atoms with E-state index in [2.05, 4.69) is 10.3 Å². The molecule has 3 rings (SSSR count). The molecule has 0 saturated carbocycles. The van der Waals surface area contributed by atoms with Crippen molar-refractivity contribution in [2.45, 2.75) is 19.6 Å². The molecule has 1 unspecified atom stereocenters. The average Bonchev–Trinajstić information content (AvgIpc) is 3.08. The molecule has 1 heterocycles. The fraction of sp³-hybridized carbons (Fsp3) is 0.238. The summed E-state index contributed by atoms with van der Waals surface area (Å²) in [5.74, 6) is 0.399. The molecule has 31 heavy (non-hydrogen) atoms. The summed E-state index contributed by atoms with van der Waals surface area (Å²) in [6.07, 6.45) is 0. The molecule has 0 radical (unpaired) electrons. The number of hydrogen-bond donors (Lipinski definition) is 1. The minimum Gasteiger partial charge on any atom is -0.495 e. The first-order valence-electron chi connectivity index (χ1n) is 9.27. The summed E-state index contributed by atoms with van der Waals surface area (Å²) in [5, 5.41) is 13.5. The Morgan fingerprint density at radius 1 is 1.23 bits per heavy atom. The number of ether oxygens (including phenoxy) is 1. The highest BCUT2D eigenvalue weighted by molar-refractivity contribution is 7.84. The van der Waals surface area contributed by atoms with Gasteiger partial charge in [-0.05, 0) is 32.0 Å². The van der Waals surface area contributed by atoms with Crippen LogP contribution < -0.4 is 10.1 Å². The molecule has 3 aromatic rings. The van der Waals surface area contributed by atoms with Crippen LogP contribution in [-0.2, 0) is 21.3 Å². The molecule has 10 heteroatoms. The van der Waals surface area contributed by atoms with Crippen molar-refractivity contribution in [2.24, 2.45) is 0 Å². The smallest absolute Gasteiger partial charge is 0.271 e. The number of nitro groups is 1. The molecule has 1 atom stereocenters. The van der Waals surface area contributed by atoms with Gasteiger partial charge in [0.15, 0.2) is 0 Å². The second-order valence-corrected chi connectivity index (χ2v) is 8.26. The molecule has 2 aromatic carbocycles. The Morgan fingerprint density at radius 3 is 2.58 bits per heavy atom. The molecule has 162 valence electrons. The van der Waals surface area contributed by atoms with Crippen LogP contribution in [0.5, 0.6) is 5.75 Å². The summed E-state index contributed by atoms with van der Waals surface area (Å²) >= 11 is 0. The molecule has 0 bridgehead atoms. The van der Waals surface area contributed by atoms with E-state index in [1.54, 1.807) is 6.92 Å². The van der Waals surface area contributed by atoms with Crippen LogP contribution in [0.3, 0.4) is 0 Å². The second kappa shape index (κ2) is 9.52. The summed E-state index contributed by atoms with van der Waals surface area (Å²) in [5.41, 5.74) is 2.37. The maximum absolute atomic E-state index is 12.5. The molecular weight excluding hydrogens is 422 g/mol. The Bertz CT molecular complexity index is 1140. The third kappa shape index (κ3) is 5.54. The average molecular weight is 443 g/mol. The van der Waals surface area contributed by atoms with E-state index in [1.807, 2.05) is 31.2 Å². The second-order valence-electron chi connectivity index (χ2n) is 6.81. The lowest BCUT2D eigenvalue weighted by atomic mass is 10.1. The normalized spacial score (nSPS) is 11.7. The zero-order valence-corrected chi connectivity index (χ0v) is 18.0. The van der Waals surface area contributed by atoms with Crippen LogP contribution >= 0.6 is 0 Å². The van der Waals surface area contributed by atoms with E-state index in [-0.39, 0.29) is 28.6 Å². The number of non-ortho nitro benzene ring substituents is 1. The largest absolute Gasteiger partial charge is 0.495 e. The molecule has 0 saturated heterocycles. The Hall–Kier alpha value is -3.53. The van der Waals surface area contributed by atoms with Gasteiger partial charge < -0.3 is 14.5 Å². The van der Waals surface area contributed by atoms with Gasteiger partial charge in [0.2, 0.25) is 11.8 Å². The number of benzene rings is 2. The van der Waals surface area contributed by atoms with Gasteiger partial charge in [0.25, 0.3) is 5.69 Å². The standard InChI is InChI=1S/C21H21N3O6S/c1-13-4-6-15(7-5-13)21-23-18(14(2)30-21)11-31(28)12-20(25)22-17-10-16(24(26)27)8-9-19(17)29-3/h4-10H,11-12H2,1-3H3,(H,22,25).